The molecule has 1 aliphatic carbocycles. The highest BCUT2D eigenvalue weighted by atomic mass is 16.5. The van der Waals surface area contributed by atoms with Gasteiger partial charge in [-0.25, -0.2) is 4.79 Å². The van der Waals surface area contributed by atoms with Crippen molar-refractivity contribution in [3.63, 3.8) is 0 Å². The Morgan fingerprint density at radius 3 is 2.71 bits per heavy atom. The summed E-state index contributed by atoms with van der Waals surface area (Å²) >= 11 is 0. The first-order valence-corrected chi connectivity index (χ1v) is 5.31. The maximum Gasteiger partial charge on any atom is 0.335 e. The lowest BCUT2D eigenvalue weighted by Crippen LogP contribution is -2.30. The number of aliphatic hydroxyl groups is 1. The Balaban J connectivity index is 2.46. The molecule has 2 unspecified atom stereocenters. The van der Waals surface area contributed by atoms with Crippen LogP contribution in [0.2, 0.25) is 0 Å². The van der Waals surface area contributed by atoms with Crippen LogP contribution < -0.4 is 0 Å². The van der Waals surface area contributed by atoms with Gasteiger partial charge in [-0.1, -0.05) is 13.8 Å². The molecule has 0 radical (unpaired) electrons. The lowest BCUT2D eigenvalue weighted by atomic mass is 9.89. The summed E-state index contributed by atoms with van der Waals surface area (Å²) in [5.74, 6) is -0.376. The molecule has 1 fully saturated rings. The topological polar surface area (TPSA) is 46.5 Å². The van der Waals surface area contributed by atoms with Crippen molar-refractivity contribution in [1.82, 2.24) is 0 Å². The van der Waals surface area contributed by atoms with Gasteiger partial charge in [-0.05, 0) is 37.5 Å². The second-order valence-electron chi connectivity index (χ2n) is 4.86. The van der Waals surface area contributed by atoms with Gasteiger partial charge in [0.05, 0.1) is 6.61 Å². The number of hydrogen-bond donors (Lipinski definition) is 1. The van der Waals surface area contributed by atoms with Crippen molar-refractivity contribution < 1.29 is 14.6 Å². The Morgan fingerprint density at radius 2 is 2.29 bits per heavy atom. The van der Waals surface area contributed by atoms with Gasteiger partial charge in [0.1, 0.15) is 0 Å². The molecule has 3 heteroatoms. The lowest BCUT2D eigenvalue weighted by Gasteiger charge is -2.19. The normalized spacial score (nSPS) is 27.3. The van der Waals surface area contributed by atoms with Crippen LogP contribution in [0, 0.1) is 11.3 Å². The standard InChI is InChI=1S/C11H20O3/c1-4-14-10(13)9(12)8-5-6-11(2,3)7-8/h8-9,12H,4-7H2,1-3H3. The van der Waals surface area contributed by atoms with Gasteiger partial charge in [0, 0.05) is 0 Å². The van der Waals surface area contributed by atoms with Gasteiger partial charge in [-0.2, -0.15) is 0 Å². The number of carbonyl (C=O) groups excluding carboxylic acids is 1. The third kappa shape index (κ3) is 2.71. The van der Waals surface area contributed by atoms with Crippen LogP contribution in [0.1, 0.15) is 40.0 Å². The van der Waals surface area contributed by atoms with E-state index in [0.29, 0.717) is 6.61 Å². The van der Waals surface area contributed by atoms with E-state index in [1.165, 1.54) is 0 Å². The van der Waals surface area contributed by atoms with Gasteiger partial charge in [0.25, 0.3) is 0 Å². The van der Waals surface area contributed by atoms with E-state index in [1.807, 2.05) is 0 Å². The van der Waals surface area contributed by atoms with Crippen molar-refractivity contribution in [2.24, 2.45) is 11.3 Å². The molecule has 0 aliphatic heterocycles. The van der Waals surface area contributed by atoms with Crippen molar-refractivity contribution in [3.8, 4) is 0 Å². The zero-order valence-electron chi connectivity index (χ0n) is 9.25. The summed E-state index contributed by atoms with van der Waals surface area (Å²) in [7, 11) is 0. The number of carbonyl (C=O) groups is 1. The molecule has 0 aromatic rings. The molecule has 1 N–H and O–H groups in total. The van der Waals surface area contributed by atoms with Crippen LogP contribution >= 0.6 is 0 Å². The molecular weight excluding hydrogens is 180 g/mol. The van der Waals surface area contributed by atoms with Crippen LogP contribution in [0.5, 0.6) is 0 Å². The van der Waals surface area contributed by atoms with Crippen molar-refractivity contribution in [1.29, 1.82) is 0 Å². The Hall–Kier alpha value is -0.570. The number of rotatable bonds is 3. The molecule has 14 heavy (non-hydrogen) atoms. The largest absolute Gasteiger partial charge is 0.464 e. The van der Waals surface area contributed by atoms with E-state index in [4.69, 9.17) is 4.74 Å². The van der Waals surface area contributed by atoms with E-state index in [0.717, 1.165) is 19.3 Å². The van der Waals surface area contributed by atoms with E-state index in [2.05, 4.69) is 13.8 Å². The number of ether oxygens (including phenoxy) is 1. The van der Waals surface area contributed by atoms with Gasteiger partial charge in [-0.15, -0.1) is 0 Å². The summed E-state index contributed by atoms with van der Waals surface area (Å²) in [5.41, 5.74) is 0.262. The molecular formula is C11H20O3. The maximum atomic E-state index is 11.3. The third-order valence-corrected chi connectivity index (χ3v) is 2.98. The molecule has 1 saturated carbocycles. The molecule has 0 aromatic heterocycles. The quantitative estimate of drug-likeness (QED) is 0.706. The monoisotopic (exact) mass is 200 g/mol. The highest BCUT2D eigenvalue weighted by Gasteiger charge is 2.38. The summed E-state index contributed by atoms with van der Waals surface area (Å²) in [4.78, 5) is 11.3. The molecule has 0 spiro atoms. The minimum atomic E-state index is -0.920. The average molecular weight is 200 g/mol. The third-order valence-electron chi connectivity index (χ3n) is 2.98. The second kappa shape index (κ2) is 4.30. The summed E-state index contributed by atoms with van der Waals surface area (Å²) in [6.07, 6.45) is 1.99. The zero-order valence-corrected chi connectivity index (χ0v) is 9.25. The van der Waals surface area contributed by atoms with E-state index >= 15 is 0 Å². The van der Waals surface area contributed by atoms with Crippen LogP contribution in [0.25, 0.3) is 0 Å². The molecule has 0 aromatic carbocycles. The summed E-state index contributed by atoms with van der Waals surface area (Å²) in [5, 5.41) is 9.71. The Bertz CT molecular complexity index is 211. The van der Waals surface area contributed by atoms with Crippen LogP contribution in [-0.2, 0) is 9.53 Å². The molecule has 0 amide bonds. The number of esters is 1. The summed E-state index contributed by atoms with van der Waals surface area (Å²) in [6, 6.07) is 0. The van der Waals surface area contributed by atoms with Crippen molar-refractivity contribution in [2.45, 2.75) is 46.1 Å². The van der Waals surface area contributed by atoms with Crippen LogP contribution in [-0.4, -0.2) is 23.8 Å². The second-order valence-corrected chi connectivity index (χ2v) is 4.86. The smallest absolute Gasteiger partial charge is 0.335 e. The van der Waals surface area contributed by atoms with Gasteiger partial charge in [0.2, 0.25) is 0 Å². The Morgan fingerprint density at radius 1 is 1.64 bits per heavy atom. The summed E-state index contributed by atoms with van der Waals surface area (Å²) < 4.78 is 4.80. The van der Waals surface area contributed by atoms with Gasteiger partial charge in [0.15, 0.2) is 6.10 Å². The van der Waals surface area contributed by atoms with Crippen molar-refractivity contribution in [2.75, 3.05) is 6.61 Å². The van der Waals surface area contributed by atoms with E-state index in [1.54, 1.807) is 6.92 Å². The molecule has 3 nitrogen and oxygen atoms in total. The first-order valence-electron chi connectivity index (χ1n) is 5.31. The predicted molar refractivity (Wildman–Crippen MR) is 53.8 cm³/mol. The zero-order chi connectivity index (χ0) is 10.8. The van der Waals surface area contributed by atoms with Gasteiger partial charge >= 0.3 is 5.97 Å². The molecule has 1 aliphatic rings. The van der Waals surface area contributed by atoms with Crippen molar-refractivity contribution in [3.05, 3.63) is 0 Å². The number of hydrogen-bond acceptors (Lipinski definition) is 3. The van der Waals surface area contributed by atoms with Crippen LogP contribution in [0.3, 0.4) is 0 Å². The summed E-state index contributed by atoms with van der Waals surface area (Å²) in [6.45, 7) is 6.44. The van der Waals surface area contributed by atoms with Crippen molar-refractivity contribution >= 4 is 5.97 Å². The maximum absolute atomic E-state index is 11.3. The fourth-order valence-electron chi connectivity index (χ4n) is 2.18. The average Bonchev–Trinajstić information content (AvgIpc) is 2.45. The molecule has 82 valence electrons. The fourth-order valence-corrected chi connectivity index (χ4v) is 2.18. The molecule has 2 atom stereocenters. The van der Waals surface area contributed by atoms with E-state index in [9.17, 15) is 9.90 Å². The SMILES string of the molecule is CCOC(=O)C(O)C1CCC(C)(C)C1. The molecule has 1 rings (SSSR count). The first kappa shape index (κ1) is 11.5. The van der Waals surface area contributed by atoms with E-state index in [-0.39, 0.29) is 11.3 Å². The molecule has 0 heterocycles. The van der Waals surface area contributed by atoms with Gasteiger partial charge < -0.3 is 9.84 Å². The minimum absolute atomic E-state index is 0.0871. The number of aliphatic hydroxyl groups excluding tert-OH is 1. The van der Waals surface area contributed by atoms with Gasteiger partial charge in [-0.3, -0.25) is 0 Å². The molecule has 0 bridgehead atoms. The van der Waals surface area contributed by atoms with Crippen LogP contribution in [0.4, 0.5) is 0 Å². The van der Waals surface area contributed by atoms with Crippen LogP contribution in [0.15, 0.2) is 0 Å². The minimum Gasteiger partial charge on any atom is -0.464 e. The Kier molecular flexibility index (Phi) is 3.53. The molecule has 0 saturated heterocycles. The fraction of sp³-hybridized carbons (Fsp3) is 0.909. The highest BCUT2D eigenvalue weighted by Crippen LogP contribution is 2.42. The highest BCUT2D eigenvalue weighted by molar-refractivity contribution is 5.74. The predicted octanol–water partition coefficient (Wildman–Crippen LogP) is 1.74. The lowest BCUT2D eigenvalue weighted by molar-refractivity contribution is -0.156. The Labute approximate surface area is 85.5 Å². The van der Waals surface area contributed by atoms with E-state index < -0.39 is 12.1 Å². The first-order chi connectivity index (χ1) is 6.46.